The monoisotopic (exact) mass is 366 g/mol. The van der Waals surface area contributed by atoms with E-state index in [1.165, 1.54) is 18.5 Å². The molecule has 4 N–H and O–H groups in total. The van der Waals surface area contributed by atoms with Crippen LogP contribution in [0.4, 0.5) is 23.4 Å². The van der Waals surface area contributed by atoms with Crippen molar-refractivity contribution in [3.8, 4) is 0 Å². The van der Waals surface area contributed by atoms with Crippen LogP contribution in [0.2, 0.25) is 0 Å². The van der Waals surface area contributed by atoms with E-state index in [1.807, 2.05) is 0 Å². The highest BCUT2D eigenvalue weighted by Gasteiger charge is 2.31. The minimum Gasteiger partial charge on any atom is -0.366 e. The zero-order valence-electron chi connectivity index (χ0n) is 13.3. The van der Waals surface area contributed by atoms with Gasteiger partial charge in [-0.15, -0.1) is 0 Å². The number of rotatable bonds is 6. The van der Waals surface area contributed by atoms with E-state index in [2.05, 4.69) is 10.3 Å². The van der Waals surface area contributed by atoms with Crippen LogP contribution in [0, 0.1) is 11.2 Å². The Labute approximate surface area is 146 Å². The van der Waals surface area contributed by atoms with Crippen molar-refractivity contribution < 1.29 is 22.4 Å². The molecule has 0 radical (unpaired) electrons. The minimum absolute atomic E-state index is 0.0506. The first-order valence-corrected chi connectivity index (χ1v) is 7.27. The molecule has 0 saturated heterocycles. The zero-order chi connectivity index (χ0) is 19.3. The average molecular weight is 366 g/mol. The molecule has 1 amide bonds. The molecule has 0 bridgehead atoms. The summed E-state index contributed by atoms with van der Waals surface area (Å²) in [6.45, 7) is 0. The number of amides is 1. The van der Waals surface area contributed by atoms with E-state index in [9.17, 15) is 22.4 Å². The average Bonchev–Trinajstić information content (AvgIpc) is 2.54. The first-order valence-electron chi connectivity index (χ1n) is 7.27. The number of primary amides is 1. The molecule has 26 heavy (non-hydrogen) atoms. The van der Waals surface area contributed by atoms with Crippen molar-refractivity contribution in [1.29, 1.82) is 5.41 Å². The Balaban J connectivity index is 2.23. The second-order valence-corrected chi connectivity index (χ2v) is 5.32. The van der Waals surface area contributed by atoms with Gasteiger partial charge in [-0.25, -0.2) is 9.37 Å². The van der Waals surface area contributed by atoms with E-state index >= 15 is 0 Å². The van der Waals surface area contributed by atoms with E-state index in [4.69, 9.17) is 11.1 Å². The number of alkyl halides is 3. The van der Waals surface area contributed by atoms with Crippen molar-refractivity contribution in [3.05, 3.63) is 70.8 Å². The van der Waals surface area contributed by atoms with Crippen molar-refractivity contribution in [2.75, 3.05) is 5.32 Å². The van der Waals surface area contributed by atoms with Gasteiger partial charge in [0.1, 0.15) is 11.6 Å². The molecule has 0 saturated carbocycles. The molecule has 136 valence electrons. The summed E-state index contributed by atoms with van der Waals surface area (Å²) in [5, 5.41) is 9.73. The molecular formula is C17H14F4N4O. The summed E-state index contributed by atoms with van der Waals surface area (Å²) >= 11 is 0. The molecule has 0 aliphatic carbocycles. The number of benzene rings is 1. The summed E-state index contributed by atoms with van der Waals surface area (Å²) < 4.78 is 51.8. The van der Waals surface area contributed by atoms with Crippen LogP contribution in [0.1, 0.15) is 16.7 Å². The molecule has 5 nitrogen and oxygen atoms in total. The maximum Gasteiger partial charge on any atom is 0.416 e. The number of halogens is 4. The SMILES string of the molecule is N=C/C(=C\Nc1cc(Cc2cc(F)cc(C(F)(F)F)c2)ccn1)C(N)=O. The van der Waals surface area contributed by atoms with Gasteiger partial charge in [-0.05, 0) is 47.9 Å². The van der Waals surface area contributed by atoms with Gasteiger partial charge < -0.3 is 16.5 Å². The third-order valence-electron chi connectivity index (χ3n) is 3.33. The highest BCUT2D eigenvalue weighted by Crippen LogP contribution is 2.31. The summed E-state index contributed by atoms with van der Waals surface area (Å²) in [5.74, 6) is -1.49. The van der Waals surface area contributed by atoms with Crippen molar-refractivity contribution in [3.63, 3.8) is 0 Å². The van der Waals surface area contributed by atoms with Crippen LogP contribution >= 0.6 is 0 Å². The topological polar surface area (TPSA) is 91.9 Å². The molecule has 0 aliphatic rings. The fourth-order valence-electron chi connectivity index (χ4n) is 2.15. The highest BCUT2D eigenvalue weighted by molar-refractivity contribution is 6.10. The van der Waals surface area contributed by atoms with Crippen LogP contribution in [0.3, 0.4) is 0 Å². The van der Waals surface area contributed by atoms with Crippen molar-refractivity contribution in [1.82, 2.24) is 4.98 Å². The van der Waals surface area contributed by atoms with Gasteiger partial charge in [0, 0.05) is 18.6 Å². The molecule has 0 atom stereocenters. The summed E-state index contributed by atoms with van der Waals surface area (Å²) in [6, 6.07) is 5.45. The van der Waals surface area contributed by atoms with Crippen LogP contribution in [0.15, 0.2) is 48.3 Å². The number of nitrogens with one attached hydrogen (secondary N) is 2. The van der Waals surface area contributed by atoms with Gasteiger partial charge >= 0.3 is 6.18 Å². The number of nitrogens with zero attached hydrogens (tertiary/aromatic N) is 1. The number of carbonyl (C=O) groups is 1. The van der Waals surface area contributed by atoms with Gasteiger partial charge in [0.05, 0.1) is 11.1 Å². The van der Waals surface area contributed by atoms with Crippen LogP contribution in [-0.2, 0) is 17.4 Å². The number of aromatic nitrogens is 1. The molecular weight excluding hydrogens is 352 g/mol. The number of nitrogens with two attached hydrogens (primary N) is 1. The molecule has 9 heteroatoms. The van der Waals surface area contributed by atoms with Gasteiger partial charge in [-0.1, -0.05) is 0 Å². The lowest BCUT2D eigenvalue weighted by Crippen LogP contribution is -2.15. The standard InChI is InChI=1S/C17H14F4N4O/c18-14-5-11(4-13(7-14)17(19,20)21)3-10-1-2-24-15(6-10)25-9-12(8-22)16(23)26/h1-2,4-9,22H,3H2,(H2,23,26)(H,24,25)/b12-9+,22-8?. The lowest BCUT2D eigenvalue weighted by molar-refractivity contribution is -0.137. The second kappa shape index (κ2) is 7.77. The van der Waals surface area contributed by atoms with Crippen LogP contribution in [0.5, 0.6) is 0 Å². The normalized spacial score (nSPS) is 11.9. The highest BCUT2D eigenvalue weighted by atomic mass is 19.4. The Morgan fingerprint density at radius 1 is 1.23 bits per heavy atom. The Hall–Kier alpha value is -3.23. The fraction of sp³-hybridized carbons (Fsp3) is 0.118. The molecule has 0 aliphatic heterocycles. The van der Waals surface area contributed by atoms with Crippen molar-refractivity contribution in [2.24, 2.45) is 5.73 Å². The number of pyridine rings is 1. The van der Waals surface area contributed by atoms with E-state index in [1.54, 1.807) is 6.07 Å². The third kappa shape index (κ3) is 5.13. The van der Waals surface area contributed by atoms with Crippen LogP contribution in [0.25, 0.3) is 0 Å². The summed E-state index contributed by atoms with van der Waals surface area (Å²) in [5.41, 5.74) is 4.65. The van der Waals surface area contributed by atoms with E-state index in [0.717, 1.165) is 18.3 Å². The molecule has 1 heterocycles. The van der Waals surface area contributed by atoms with Gasteiger partial charge in [0.15, 0.2) is 0 Å². The number of hydrogen-bond donors (Lipinski definition) is 3. The maximum atomic E-state index is 13.5. The van der Waals surface area contributed by atoms with Gasteiger partial charge in [-0.3, -0.25) is 4.79 Å². The van der Waals surface area contributed by atoms with E-state index in [0.29, 0.717) is 11.6 Å². The molecule has 0 fully saturated rings. The number of anilines is 1. The number of hydrogen-bond acceptors (Lipinski definition) is 4. The zero-order valence-corrected chi connectivity index (χ0v) is 13.3. The quantitative estimate of drug-likeness (QED) is 0.416. The number of carbonyl (C=O) groups excluding carboxylic acids is 1. The smallest absolute Gasteiger partial charge is 0.366 e. The first kappa shape index (κ1) is 19.1. The minimum atomic E-state index is -4.63. The Kier molecular flexibility index (Phi) is 5.71. The summed E-state index contributed by atoms with van der Waals surface area (Å²) in [7, 11) is 0. The molecule has 0 unspecified atom stereocenters. The van der Waals surface area contributed by atoms with Crippen molar-refractivity contribution >= 4 is 17.9 Å². The molecule has 1 aromatic carbocycles. The molecule has 0 spiro atoms. The van der Waals surface area contributed by atoms with Gasteiger partial charge in [0.2, 0.25) is 0 Å². The lowest BCUT2D eigenvalue weighted by Gasteiger charge is -2.10. The van der Waals surface area contributed by atoms with Crippen LogP contribution in [-0.4, -0.2) is 17.1 Å². The Bertz CT molecular complexity index is 862. The van der Waals surface area contributed by atoms with Gasteiger partial charge in [0.25, 0.3) is 5.91 Å². The first-order chi connectivity index (χ1) is 12.2. The molecule has 1 aromatic heterocycles. The summed E-state index contributed by atoms with van der Waals surface area (Å²) in [4.78, 5) is 15.0. The largest absolute Gasteiger partial charge is 0.416 e. The third-order valence-corrected chi connectivity index (χ3v) is 3.33. The Morgan fingerprint density at radius 2 is 1.96 bits per heavy atom. The predicted octanol–water partition coefficient (Wildman–Crippen LogP) is 3.26. The van der Waals surface area contributed by atoms with Gasteiger partial charge in [-0.2, -0.15) is 13.2 Å². The maximum absolute atomic E-state index is 13.5. The fourth-order valence-corrected chi connectivity index (χ4v) is 2.15. The molecule has 2 aromatic rings. The van der Waals surface area contributed by atoms with Crippen molar-refractivity contribution in [2.45, 2.75) is 12.6 Å². The molecule has 2 rings (SSSR count). The van der Waals surface area contributed by atoms with Crippen LogP contribution < -0.4 is 11.1 Å². The lowest BCUT2D eigenvalue weighted by atomic mass is 10.0. The van der Waals surface area contributed by atoms with E-state index in [-0.39, 0.29) is 23.4 Å². The Morgan fingerprint density at radius 3 is 2.58 bits per heavy atom. The van der Waals surface area contributed by atoms with E-state index < -0.39 is 23.5 Å². The second-order valence-electron chi connectivity index (χ2n) is 5.32. The summed E-state index contributed by atoms with van der Waals surface area (Å²) in [6.07, 6.45) is -1.22. The predicted molar refractivity (Wildman–Crippen MR) is 88.1 cm³/mol.